The summed E-state index contributed by atoms with van der Waals surface area (Å²) in [5, 5.41) is 10.9. The van der Waals surface area contributed by atoms with E-state index in [1.807, 2.05) is 12.1 Å². The minimum absolute atomic E-state index is 0.139. The predicted octanol–water partition coefficient (Wildman–Crippen LogP) is 5.20. The third-order valence-corrected chi connectivity index (χ3v) is 5.18. The number of hydrogen-bond donors (Lipinski definition) is 2. The maximum atomic E-state index is 14.6. The van der Waals surface area contributed by atoms with Gasteiger partial charge in [-0.25, -0.2) is 9.18 Å². The fourth-order valence-electron chi connectivity index (χ4n) is 2.70. The van der Waals surface area contributed by atoms with Crippen molar-refractivity contribution in [3.8, 4) is 0 Å². The van der Waals surface area contributed by atoms with Crippen LogP contribution in [-0.2, 0) is 0 Å². The number of amides is 2. The molecule has 0 radical (unpaired) electrons. The highest BCUT2D eigenvalue weighted by molar-refractivity contribution is 7.97. The number of fused-ring (bicyclic) bond motifs is 1. The van der Waals surface area contributed by atoms with Crippen molar-refractivity contribution in [1.82, 2.24) is 9.62 Å². The molecule has 0 fully saturated rings. The van der Waals surface area contributed by atoms with Crippen LogP contribution in [0.4, 0.5) is 20.6 Å². The number of hydrogen-bond acceptors (Lipinski definition) is 4. The highest BCUT2D eigenvalue weighted by Gasteiger charge is 2.34. The molecule has 0 atom stereocenters. The summed E-state index contributed by atoms with van der Waals surface area (Å²) in [5.74, 6) is -0.572. The Balaban J connectivity index is 2.04. The molecule has 2 aromatic rings. The topological polar surface area (TPSA) is 59.4 Å². The Morgan fingerprint density at radius 2 is 2.04 bits per heavy atom. The zero-order chi connectivity index (χ0) is 19.6. The number of nitrogens with one attached hydrogen (secondary N) is 2. The molecule has 0 unspecified atom stereocenters. The zero-order valence-electron chi connectivity index (χ0n) is 14.8. The second-order valence-electron chi connectivity index (χ2n) is 5.91. The standard InChI is InChI=1S/C19H18ClFN4OS/c1-12(22)9-14(23-2)11-24-19(26)25(16-8-7-13(20)10-15(16)21)17-5-3-4-6-18(17)27-24/h3-10,22-23H,11H2,1-2H3/b14-9-,22-12?. The van der Waals surface area contributed by atoms with Crippen molar-refractivity contribution in [2.75, 3.05) is 18.5 Å². The first-order valence-corrected chi connectivity index (χ1v) is 9.33. The number of likely N-dealkylation sites (N-methyl/N-ethyl adjacent to an activating group) is 1. The first kappa shape index (κ1) is 19.3. The summed E-state index contributed by atoms with van der Waals surface area (Å²) in [6.07, 6.45) is 1.65. The quantitative estimate of drug-likeness (QED) is 0.531. The van der Waals surface area contributed by atoms with E-state index >= 15 is 0 Å². The van der Waals surface area contributed by atoms with E-state index in [-0.39, 0.29) is 23.3 Å². The second kappa shape index (κ2) is 8.02. The molecule has 0 saturated heterocycles. The van der Waals surface area contributed by atoms with E-state index in [1.54, 1.807) is 38.2 Å². The van der Waals surface area contributed by atoms with Crippen LogP contribution in [0.2, 0.25) is 5.02 Å². The van der Waals surface area contributed by atoms with E-state index in [0.717, 1.165) is 4.90 Å². The first-order chi connectivity index (χ1) is 12.9. The smallest absolute Gasteiger partial charge is 0.339 e. The average Bonchev–Trinajstić information content (AvgIpc) is 2.62. The molecular formula is C19H18ClFN4OS. The summed E-state index contributed by atoms with van der Waals surface area (Å²) in [7, 11) is 1.73. The molecule has 1 heterocycles. The van der Waals surface area contributed by atoms with Crippen molar-refractivity contribution in [3.05, 3.63) is 65.1 Å². The van der Waals surface area contributed by atoms with Gasteiger partial charge in [0.1, 0.15) is 5.82 Å². The van der Waals surface area contributed by atoms with Crippen molar-refractivity contribution in [3.63, 3.8) is 0 Å². The Morgan fingerprint density at radius 3 is 2.70 bits per heavy atom. The first-order valence-electron chi connectivity index (χ1n) is 8.18. The zero-order valence-corrected chi connectivity index (χ0v) is 16.4. The predicted molar refractivity (Wildman–Crippen MR) is 108 cm³/mol. The van der Waals surface area contributed by atoms with Gasteiger partial charge >= 0.3 is 6.03 Å². The minimum atomic E-state index is -0.572. The maximum absolute atomic E-state index is 14.6. The van der Waals surface area contributed by atoms with Crippen LogP contribution in [0.15, 0.2) is 59.1 Å². The third kappa shape index (κ3) is 4.09. The number of halogens is 2. The lowest BCUT2D eigenvalue weighted by Gasteiger charge is -2.36. The van der Waals surface area contributed by atoms with Gasteiger partial charge in [-0.05, 0) is 55.3 Å². The fraction of sp³-hybridized carbons (Fsp3) is 0.158. The second-order valence-corrected chi connectivity index (χ2v) is 7.41. The molecule has 5 nitrogen and oxygen atoms in total. The molecule has 3 rings (SSSR count). The summed E-state index contributed by atoms with van der Waals surface area (Å²) < 4.78 is 16.1. The Labute approximate surface area is 166 Å². The van der Waals surface area contributed by atoms with Crippen LogP contribution in [0.3, 0.4) is 0 Å². The van der Waals surface area contributed by atoms with Gasteiger partial charge in [-0.15, -0.1) is 0 Å². The Hall–Kier alpha value is -2.51. The molecule has 0 bridgehead atoms. The maximum Gasteiger partial charge on any atom is 0.339 e. The van der Waals surface area contributed by atoms with Crippen LogP contribution in [0.5, 0.6) is 0 Å². The molecule has 27 heavy (non-hydrogen) atoms. The van der Waals surface area contributed by atoms with Crippen molar-refractivity contribution < 1.29 is 9.18 Å². The van der Waals surface area contributed by atoms with Gasteiger partial charge in [0.05, 0.1) is 22.8 Å². The summed E-state index contributed by atoms with van der Waals surface area (Å²) in [5.41, 5.74) is 1.83. The Kier molecular flexibility index (Phi) is 5.72. The molecule has 2 amide bonds. The number of carbonyl (C=O) groups is 1. The molecule has 1 aliphatic heterocycles. The molecule has 2 aromatic carbocycles. The van der Waals surface area contributed by atoms with Crippen LogP contribution in [0.25, 0.3) is 0 Å². The summed E-state index contributed by atoms with van der Waals surface area (Å²) in [6, 6.07) is 11.2. The largest absolute Gasteiger partial charge is 0.390 e. The van der Waals surface area contributed by atoms with Gasteiger partial charge in [-0.1, -0.05) is 23.7 Å². The SMILES string of the molecule is CN/C(=C\C(C)=N)CN1Sc2ccccc2N(c2ccc(Cl)cc2F)C1=O. The minimum Gasteiger partial charge on any atom is -0.390 e. The van der Waals surface area contributed by atoms with E-state index < -0.39 is 5.82 Å². The highest BCUT2D eigenvalue weighted by Crippen LogP contribution is 2.43. The van der Waals surface area contributed by atoms with E-state index in [0.29, 0.717) is 17.1 Å². The number of nitrogens with zero attached hydrogens (tertiary/aromatic N) is 2. The lowest BCUT2D eigenvalue weighted by Crippen LogP contribution is -2.42. The molecule has 0 aliphatic carbocycles. The number of urea groups is 1. The molecule has 2 N–H and O–H groups in total. The van der Waals surface area contributed by atoms with Crippen LogP contribution < -0.4 is 10.2 Å². The molecule has 1 aliphatic rings. The molecule has 0 spiro atoms. The van der Waals surface area contributed by atoms with Gasteiger partial charge in [-0.3, -0.25) is 9.21 Å². The molecule has 8 heteroatoms. The lowest BCUT2D eigenvalue weighted by molar-refractivity contribution is 0.235. The van der Waals surface area contributed by atoms with Crippen LogP contribution in [0.1, 0.15) is 6.92 Å². The van der Waals surface area contributed by atoms with E-state index in [2.05, 4.69) is 5.32 Å². The van der Waals surface area contributed by atoms with E-state index in [1.165, 1.54) is 33.3 Å². The summed E-state index contributed by atoms with van der Waals surface area (Å²) in [6.45, 7) is 1.91. The lowest BCUT2D eigenvalue weighted by atomic mass is 10.2. The summed E-state index contributed by atoms with van der Waals surface area (Å²) in [4.78, 5) is 15.4. The van der Waals surface area contributed by atoms with E-state index in [9.17, 15) is 9.18 Å². The molecule has 140 valence electrons. The van der Waals surface area contributed by atoms with Crippen molar-refractivity contribution in [1.29, 1.82) is 5.41 Å². The van der Waals surface area contributed by atoms with Crippen LogP contribution >= 0.6 is 23.5 Å². The monoisotopic (exact) mass is 404 g/mol. The molecule has 0 saturated carbocycles. The third-order valence-electron chi connectivity index (χ3n) is 3.90. The molecule has 0 aromatic heterocycles. The number of rotatable bonds is 5. The Bertz CT molecular complexity index is 934. The van der Waals surface area contributed by atoms with Gasteiger partial charge in [-0.2, -0.15) is 0 Å². The Morgan fingerprint density at radius 1 is 1.30 bits per heavy atom. The van der Waals surface area contributed by atoms with Crippen LogP contribution in [-0.4, -0.2) is 29.6 Å². The van der Waals surface area contributed by atoms with Crippen molar-refractivity contribution >= 4 is 46.7 Å². The van der Waals surface area contributed by atoms with Gasteiger partial charge in [0.15, 0.2) is 0 Å². The number of carbonyl (C=O) groups excluding carboxylic acids is 1. The van der Waals surface area contributed by atoms with Gasteiger partial charge in [0, 0.05) is 23.5 Å². The number of para-hydroxylation sites is 1. The fourth-order valence-corrected chi connectivity index (χ4v) is 3.85. The van der Waals surface area contributed by atoms with Gasteiger partial charge < -0.3 is 10.7 Å². The van der Waals surface area contributed by atoms with Crippen LogP contribution in [0, 0.1) is 11.2 Å². The highest BCUT2D eigenvalue weighted by atomic mass is 35.5. The number of benzene rings is 2. The normalized spacial score (nSPS) is 14.2. The van der Waals surface area contributed by atoms with Crippen molar-refractivity contribution in [2.45, 2.75) is 11.8 Å². The summed E-state index contributed by atoms with van der Waals surface area (Å²) >= 11 is 7.15. The number of allylic oxidation sites excluding steroid dienone is 1. The molecular weight excluding hydrogens is 387 g/mol. The average molecular weight is 405 g/mol. The van der Waals surface area contributed by atoms with E-state index in [4.69, 9.17) is 17.0 Å². The van der Waals surface area contributed by atoms with Gasteiger partial charge in [0.25, 0.3) is 0 Å². The van der Waals surface area contributed by atoms with Crippen molar-refractivity contribution in [2.24, 2.45) is 0 Å². The number of anilines is 2. The van der Waals surface area contributed by atoms with Gasteiger partial charge in [0.2, 0.25) is 0 Å².